The number of oxime groups is 1. The first-order chi connectivity index (χ1) is 7.13. The van der Waals surface area contributed by atoms with Gasteiger partial charge >= 0.3 is 0 Å². The average Bonchev–Trinajstić information content (AvgIpc) is 2.70. The molecule has 0 heterocycles. The number of hydrogen-bond donors (Lipinski definition) is 3. The molecule has 1 aliphatic carbocycles. The highest BCUT2D eigenvalue weighted by Crippen LogP contribution is 2.27. The topological polar surface area (TPSA) is 70.6 Å². The smallest absolute Gasteiger partial charge is 0.140 e. The number of rotatable bonds is 5. The normalized spacial score (nSPS) is 22.9. The van der Waals surface area contributed by atoms with E-state index in [0.29, 0.717) is 18.3 Å². The first kappa shape index (κ1) is 12.3. The summed E-state index contributed by atoms with van der Waals surface area (Å²) < 4.78 is 0. The van der Waals surface area contributed by atoms with Crippen LogP contribution in [0.15, 0.2) is 5.16 Å². The van der Waals surface area contributed by atoms with Crippen LogP contribution in [0.4, 0.5) is 0 Å². The van der Waals surface area contributed by atoms with Crippen LogP contribution in [-0.2, 0) is 0 Å². The van der Waals surface area contributed by atoms with E-state index in [9.17, 15) is 0 Å². The summed E-state index contributed by atoms with van der Waals surface area (Å²) in [4.78, 5) is 0. The van der Waals surface area contributed by atoms with Gasteiger partial charge in [0, 0.05) is 18.5 Å². The number of hydrogen-bond acceptors (Lipinski definition) is 3. The maximum absolute atomic E-state index is 8.46. The molecule has 0 amide bonds. The zero-order chi connectivity index (χ0) is 11.3. The summed E-state index contributed by atoms with van der Waals surface area (Å²) in [5.41, 5.74) is 5.46. The van der Waals surface area contributed by atoms with Gasteiger partial charge in [0.2, 0.25) is 0 Å². The molecule has 0 bridgehead atoms. The molecule has 0 aliphatic heterocycles. The Morgan fingerprint density at radius 1 is 1.47 bits per heavy atom. The van der Waals surface area contributed by atoms with Crippen molar-refractivity contribution < 1.29 is 5.21 Å². The van der Waals surface area contributed by atoms with Crippen molar-refractivity contribution in [3.05, 3.63) is 0 Å². The van der Waals surface area contributed by atoms with Gasteiger partial charge in [-0.25, -0.2) is 0 Å². The molecule has 1 rings (SSSR count). The fourth-order valence-electron chi connectivity index (χ4n) is 2.46. The molecule has 0 spiro atoms. The van der Waals surface area contributed by atoms with Crippen LogP contribution in [0, 0.1) is 5.92 Å². The third kappa shape index (κ3) is 4.08. The minimum absolute atomic E-state index is 0.275. The maximum atomic E-state index is 8.46. The van der Waals surface area contributed by atoms with Crippen LogP contribution >= 0.6 is 0 Å². The van der Waals surface area contributed by atoms with Crippen LogP contribution < -0.4 is 11.1 Å². The highest BCUT2D eigenvalue weighted by molar-refractivity contribution is 5.80. The van der Waals surface area contributed by atoms with Crippen LogP contribution in [0.5, 0.6) is 0 Å². The monoisotopic (exact) mass is 213 g/mol. The van der Waals surface area contributed by atoms with Crippen LogP contribution in [0.25, 0.3) is 0 Å². The van der Waals surface area contributed by atoms with E-state index in [0.717, 1.165) is 5.92 Å². The second kappa shape index (κ2) is 5.95. The van der Waals surface area contributed by atoms with Gasteiger partial charge < -0.3 is 16.3 Å². The summed E-state index contributed by atoms with van der Waals surface area (Å²) in [5.74, 6) is 1.10. The number of nitrogens with zero attached hydrogens (tertiary/aromatic N) is 1. The molecule has 88 valence electrons. The quantitative estimate of drug-likeness (QED) is 0.281. The molecule has 15 heavy (non-hydrogen) atoms. The summed E-state index contributed by atoms with van der Waals surface area (Å²) in [7, 11) is 0. The van der Waals surface area contributed by atoms with Gasteiger partial charge in [-0.15, -0.1) is 0 Å². The van der Waals surface area contributed by atoms with Crippen molar-refractivity contribution >= 4 is 5.84 Å². The Bertz CT molecular complexity index is 212. The zero-order valence-electron chi connectivity index (χ0n) is 9.74. The molecule has 0 aromatic carbocycles. The molecule has 4 nitrogen and oxygen atoms in total. The molecule has 1 saturated carbocycles. The van der Waals surface area contributed by atoms with E-state index in [4.69, 9.17) is 10.9 Å². The van der Waals surface area contributed by atoms with E-state index < -0.39 is 0 Å². The lowest BCUT2D eigenvalue weighted by atomic mass is 9.99. The number of nitrogens with two attached hydrogens (primary N) is 1. The lowest BCUT2D eigenvalue weighted by Crippen LogP contribution is -2.40. The number of amidine groups is 1. The van der Waals surface area contributed by atoms with E-state index in [2.05, 4.69) is 24.3 Å². The largest absolute Gasteiger partial charge is 0.409 e. The molecule has 4 N–H and O–H groups in total. The van der Waals surface area contributed by atoms with Gasteiger partial charge in [0.05, 0.1) is 0 Å². The maximum Gasteiger partial charge on any atom is 0.140 e. The van der Waals surface area contributed by atoms with Crippen LogP contribution in [0.3, 0.4) is 0 Å². The Hall–Kier alpha value is -0.770. The summed E-state index contributed by atoms with van der Waals surface area (Å²) in [5, 5.41) is 15.0. The third-order valence-corrected chi connectivity index (χ3v) is 3.30. The fraction of sp³-hybridized carbons (Fsp3) is 0.909. The van der Waals surface area contributed by atoms with Gasteiger partial charge in [0.25, 0.3) is 0 Å². The van der Waals surface area contributed by atoms with E-state index in [1.165, 1.54) is 25.7 Å². The minimum Gasteiger partial charge on any atom is -0.409 e. The van der Waals surface area contributed by atoms with Crippen LogP contribution in [0.2, 0.25) is 0 Å². The van der Waals surface area contributed by atoms with Crippen LogP contribution in [0.1, 0.15) is 46.0 Å². The molecule has 2 atom stereocenters. The van der Waals surface area contributed by atoms with E-state index >= 15 is 0 Å². The van der Waals surface area contributed by atoms with E-state index in [1.54, 1.807) is 0 Å². The predicted octanol–water partition coefficient (Wildman–Crippen LogP) is 1.68. The minimum atomic E-state index is 0.275. The fourth-order valence-corrected chi connectivity index (χ4v) is 2.46. The second-order valence-electron chi connectivity index (χ2n) is 4.70. The second-order valence-corrected chi connectivity index (χ2v) is 4.70. The summed E-state index contributed by atoms with van der Waals surface area (Å²) in [6, 6.07) is 0.811. The van der Waals surface area contributed by atoms with Gasteiger partial charge in [0.15, 0.2) is 0 Å². The molecule has 0 radical (unpaired) electrons. The van der Waals surface area contributed by atoms with Crippen LogP contribution in [-0.4, -0.2) is 23.1 Å². The van der Waals surface area contributed by atoms with Crippen molar-refractivity contribution in [2.45, 2.75) is 58.0 Å². The van der Waals surface area contributed by atoms with Gasteiger partial charge in [0.1, 0.15) is 5.84 Å². The van der Waals surface area contributed by atoms with Crippen molar-refractivity contribution in [3.8, 4) is 0 Å². The molecule has 1 unspecified atom stereocenters. The summed E-state index contributed by atoms with van der Waals surface area (Å²) in [6.07, 6.45) is 6.01. The average molecular weight is 213 g/mol. The van der Waals surface area contributed by atoms with Gasteiger partial charge in [-0.05, 0) is 32.6 Å². The molecule has 4 heteroatoms. The predicted molar refractivity (Wildman–Crippen MR) is 62.0 cm³/mol. The molecule has 0 saturated heterocycles. The van der Waals surface area contributed by atoms with E-state index in [-0.39, 0.29) is 6.04 Å². The standard InChI is InChI=1S/C11H23N3O/c1-8(7-11(12)14-15)13-9(2)10-5-3-4-6-10/h8-10,13,15H,3-7H2,1-2H3,(H2,12,14)/t8?,9-/m1/s1. The Morgan fingerprint density at radius 3 is 2.60 bits per heavy atom. The van der Waals surface area contributed by atoms with Gasteiger partial charge in [-0.3, -0.25) is 0 Å². The van der Waals surface area contributed by atoms with Crippen molar-refractivity contribution in [1.29, 1.82) is 0 Å². The van der Waals surface area contributed by atoms with Gasteiger partial charge in [-0.2, -0.15) is 0 Å². The lowest BCUT2D eigenvalue weighted by Gasteiger charge is -2.24. The Morgan fingerprint density at radius 2 is 2.07 bits per heavy atom. The van der Waals surface area contributed by atoms with Crippen molar-refractivity contribution in [1.82, 2.24) is 5.32 Å². The van der Waals surface area contributed by atoms with Crippen molar-refractivity contribution in [2.24, 2.45) is 16.8 Å². The number of nitrogens with one attached hydrogen (secondary N) is 1. The Labute approximate surface area is 91.9 Å². The zero-order valence-corrected chi connectivity index (χ0v) is 9.74. The first-order valence-electron chi connectivity index (χ1n) is 5.86. The van der Waals surface area contributed by atoms with Crippen molar-refractivity contribution in [3.63, 3.8) is 0 Å². The molecule has 0 aromatic rings. The molecule has 1 fully saturated rings. The first-order valence-corrected chi connectivity index (χ1v) is 5.86. The summed E-state index contributed by atoms with van der Waals surface area (Å²) in [6.45, 7) is 4.31. The summed E-state index contributed by atoms with van der Waals surface area (Å²) >= 11 is 0. The van der Waals surface area contributed by atoms with Gasteiger partial charge in [-0.1, -0.05) is 18.0 Å². The molecule has 0 aromatic heterocycles. The molecular weight excluding hydrogens is 190 g/mol. The Balaban J connectivity index is 2.27. The van der Waals surface area contributed by atoms with E-state index in [1.807, 2.05) is 0 Å². The van der Waals surface area contributed by atoms with Crippen molar-refractivity contribution in [2.75, 3.05) is 0 Å². The molecular formula is C11H23N3O. The lowest BCUT2D eigenvalue weighted by molar-refractivity contribution is 0.313. The third-order valence-electron chi connectivity index (χ3n) is 3.30. The SMILES string of the molecule is CC(CC(N)=NO)N[C@H](C)C1CCCC1. The highest BCUT2D eigenvalue weighted by atomic mass is 16.4. The Kier molecular flexibility index (Phi) is 4.88. The molecule has 1 aliphatic rings. The highest BCUT2D eigenvalue weighted by Gasteiger charge is 2.22.